The minimum atomic E-state index is 0. The molecule has 4 aromatic rings. The van der Waals surface area contributed by atoms with Gasteiger partial charge in [-0.25, -0.2) is 0 Å². The van der Waals surface area contributed by atoms with Crippen molar-refractivity contribution in [2.75, 3.05) is 0 Å². The van der Waals surface area contributed by atoms with E-state index >= 15 is 0 Å². The Kier molecular flexibility index (Phi) is 2.81. The van der Waals surface area contributed by atoms with Gasteiger partial charge in [0, 0.05) is 6.54 Å². The van der Waals surface area contributed by atoms with Gasteiger partial charge in [0.15, 0.2) is 0 Å². The summed E-state index contributed by atoms with van der Waals surface area (Å²) in [6.07, 6.45) is 0. The van der Waals surface area contributed by atoms with E-state index in [0.717, 1.165) is 0 Å². The molecular weight excluding hydrogens is 254 g/mol. The van der Waals surface area contributed by atoms with Gasteiger partial charge in [0.2, 0.25) is 0 Å². The molecule has 0 saturated carbocycles. The summed E-state index contributed by atoms with van der Waals surface area (Å²) in [5, 5.41) is 7.92. The number of hydrogen-bond acceptors (Lipinski definition) is 1. The highest BCUT2D eigenvalue weighted by Gasteiger charge is 2.09. The largest absolute Gasteiger partial charge is 0.326 e. The van der Waals surface area contributed by atoms with E-state index in [1.807, 2.05) is 0 Å². The summed E-state index contributed by atoms with van der Waals surface area (Å²) in [6, 6.07) is 19.6. The molecule has 0 saturated heterocycles. The zero-order valence-corrected chi connectivity index (χ0v) is 11.2. The quantitative estimate of drug-likeness (QED) is 0.506. The van der Waals surface area contributed by atoms with Gasteiger partial charge in [0.05, 0.1) is 0 Å². The fourth-order valence-electron chi connectivity index (χ4n) is 2.97. The van der Waals surface area contributed by atoms with E-state index in [2.05, 4.69) is 54.6 Å². The molecule has 0 unspecified atom stereocenters. The summed E-state index contributed by atoms with van der Waals surface area (Å²) in [5.74, 6) is 0. The van der Waals surface area contributed by atoms with Crippen molar-refractivity contribution in [1.82, 2.24) is 0 Å². The molecule has 19 heavy (non-hydrogen) atoms. The Labute approximate surface area is 117 Å². The molecule has 1 nitrogen and oxygen atoms in total. The molecular formula is C17H14ClN. The summed E-state index contributed by atoms with van der Waals surface area (Å²) in [7, 11) is 0. The van der Waals surface area contributed by atoms with E-state index in [4.69, 9.17) is 5.73 Å². The van der Waals surface area contributed by atoms with Crippen LogP contribution in [0.3, 0.4) is 0 Å². The molecule has 2 heteroatoms. The van der Waals surface area contributed by atoms with Crippen LogP contribution in [0.1, 0.15) is 5.56 Å². The smallest absolute Gasteiger partial charge is 0.0184 e. The van der Waals surface area contributed by atoms with Crippen molar-refractivity contribution in [3.63, 3.8) is 0 Å². The summed E-state index contributed by atoms with van der Waals surface area (Å²) in [4.78, 5) is 0. The Balaban J connectivity index is 0.00000110. The van der Waals surface area contributed by atoms with E-state index in [1.54, 1.807) is 0 Å². The second-order valence-electron chi connectivity index (χ2n) is 4.78. The van der Waals surface area contributed by atoms with Crippen molar-refractivity contribution >= 4 is 44.7 Å². The van der Waals surface area contributed by atoms with E-state index in [1.165, 1.54) is 37.9 Å². The number of rotatable bonds is 1. The van der Waals surface area contributed by atoms with Gasteiger partial charge in [-0.1, -0.05) is 54.6 Å². The number of nitrogens with two attached hydrogens (primary N) is 1. The van der Waals surface area contributed by atoms with Gasteiger partial charge in [-0.3, -0.25) is 0 Å². The van der Waals surface area contributed by atoms with Crippen LogP contribution >= 0.6 is 12.4 Å². The monoisotopic (exact) mass is 267 g/mol. The van der Waals surface area contributed by atoms with Crippen molar-refractivity contribution in [3.8, 4) is 0 Å². The third-order valence-corrected chi connectivity index (χ3v) is 3.84. The standard InChI is InChI=1S/C17H13N.ClH/c18-10-14-7-6-13-5-4-11-2-1-3-12-8-9-15(14)17(13)16(11)12;/h1-9H,10,18H2;1H. The average Bonchev–Trinajstić information content (AvgIpc) is 2.44. The second kappa shape index (κ2) is 4.37. The minimum absolute atomic E-state index is 0. The first-order chi connectivity index (χ1) is 8.88. The average molecular weight is 268 g/mol. The molecule has 0 aliphatic rings. The van der Waals surface area contributed by atoms with Crippen LogP contribution < -0.4 is 5.73 Å². The summed E-state index contributed by atoms with van der Waals surface area (Å²) in [6.45, 7) is 0.591. The van der Waals surface area contributed by atoms with Crippen LogP contribution in [0.5, 0.6) is 0 Å². The second-order valence-corrected chi connectivity index (χ2v) is 4.78. The maximum absolute atomic E-state index is 5.85. The molecule has 2 N–H and O–H groups in total. The molecule has 0 aliphatic heterocycles. The van der Waals surface area contributed by atoms with Gasteiger partial charge < -0.3 is 5.73 Å². The first-order valence-corrected chi connectivity index (χ1v) is 6.24. The predicted molar refractivity (Wildman–Crippen MR) is 85.3 cm³/mol. The van der Waals surface area contributed by atoms with Gasteiger partial charge in [-0.05, 0) is 37.9 Å². The maximum Gasteiger partial charge on any atom is 0.0184 e. The Hall–Kier alpha value is -1.83. The molecule has 0 aliphatic carbocycles. The zero-order valence-electron chi connectivity index (χ0n) is 10.4. The number of halogens is 1. The highest BCUT2D eigenvalue weighted by molar-refractivity contribution is 6.23. The molecule has 0 aromatic heterocycles. The lowest BCUT2D eigenvalue weighted by molar-refractivity contribution is 1.09. The lowest BCUT2D eigenvalue weighted by Crippen LogP contribution is -1.97. The van der Waals surface area contributed by atoms with Crippen molar-refractivity contribution in [1.29, 1.82) is 0 Å². The summed E-state index contributed by atoms with van der Waals surface area (Å²) >= 11 is 0. The summed E-state index contributed by atoms with van der Waals surface area (Å²) < 4.78 is 0. The van der Waals surface area contributed by atoms with Crippen molar-refractivity contribution < 1.29 is 0 Å². The Bertz CT molecular complexity index is 851. The molecule has 4 rings (SSSR count). The van der Waals surface area contributed by atoms with Gasteiger partial charge in [0.25, 0.3) is 0 Å². The minimum Gasteiger partial charge on any atom is -0.326 e. The van der Waals surface area contributed by atoms with Crippen LogP contribution in [0.2, 0.25) is 0 Å². The topological polar surface area (TPSA) is 26.0 Å². The Morgan fingerprint density at radius 1 is 0.684 bits per heavy atom. The first kappa shape index (κ1) is 12.2. The molecule has 0 amide bonds. The molecule has 0 fully saturated rings. The molecule has 94 valence electrons. The maximum atomic E-state index is 5.85. The Morgan fingerprint density at radius 3 is 1.95 bits per heavy atom. The SMILES string of the molecule is Cl.NCc1ccc2ccc3cccc4ccc1c2c34. The third-order valence-electron chi connectivity index (χ3n) is 3.84. The molecule has 0 heterocycles. The van der Waals surface area contributed by atoms with Crippen LogP contribution in [0, 0.1) is 0 Å². The van der Waals surface area contributed by atoms with Gasteiger partial charge in [-0.2, -0.15) is 0 Å². The lowest BCUT2D eigenvalue weighted by atomic mass is 9.92. The van der Waals surface area contributed by atoms with Gasteiger partial charge in [0.1, 0.15) is 0 Å². The van der Waals surface area contributed by atoms with Gasteiger partial charge in [-0.15, -0.1) is 12.4 Å². The van der Waals surface area contributed by atoms with E-state index in [9.17, 15) is 0 Å². The van der Waals surface area contributed by atoms with Crippen LogP contribution in [-0.4, -0.2) is 0 Å². The Morgan fingerprint density at radius 2 is 1.26 bits per heavy atom. The van der Waals surface area contributed by atoms with E-state index < -0.39 is 0 Å². The fraction of sp³-hybridized carbons (Fsp3) is 0.0588. The highest BCUT2D eigenvalue weighted by Crippen LogP contribution is 2.35. The van der Waals surface area contributed by atoms with Crippen LogP contribution in [0.25, 0.3) is 32.3 Å². The van der Waals surface area contributed by atoms with Crippen LogP contribution in [0.15, 0.2) is 54.6 Å². The number of hydrogen-bond donors (Lipinski definition) is 1. The normalized spacial score (nSPS) is 11.2. The predicted octanol–water partition coefficient (Wildman–Crippen LogP) is 4.46. The molecule has 0 radical (unpaired) electrons. The molecule has 4 aromatic carbocycles. The zero-order chi connectivity index (χ0) is 12.1. The molecule has 0 atom stereocenters. The molecule has 0 spiro atoms. The third kappa shape index (κ3) is 1.59. The molecule has 0 bridgehead atoms. The van der Waals surface area contributed by atoms with Crippen molar-refractivity contribution in [2.45, 2.75) is 6.54 Å². The van der Waals surface area contributed by atoms with Crippen LogP contribution in [0.4, 0.5) is 0 Å². The van der Waals surface area contributed by atoms with Crippen molar-refractivity contribution in [3.05, 3.63) is 60.2 Å². The number of benzene rings is 4. The van der Waals surface area contributed by atoms with E-state index in [-0.39, 0.29) is 12.4 Å². The van der Waals surface area contributed by atoms with Crippen molar-refractivity contribution in [2.24, 2.45) is 5.73 Å². The van der Waals surface area contributed by atoms with Gasteiger partial charge >= 0.3 is 0 Å². The first-order valence-electron chi connectivity index (χ1n) is 6.24. The summed E-state index contributed by atoms with van der Waals surface area (Å²) in [5.41, 5.74) is 7.07. The lowest BCUT2D eigenvalue weighted by Gasteiger charge is -2.12. The highest BCUT2D eigenvalue weighted by atomic mass is 35.5. The fourth-order valence-corrected chi connectivity index (χ4v) is 2.97. The van der Waals surface area contributed by atoms with Crippen LogP contribution in [-0.2, 0) is 6.54 Å². The van der Waals surface area contributed by atoms with E-state index in [0.29, 0.717) is 6.54 Å².